The monoisotopic (exact) mass is 331 g/mol. The SMILES string of the molecule is CCC(=NCCCO)c1c(O)n(-c2ccc(C)cc2)c(=O)[nH]c1=O. The molecule has 1 aromatic carbocycles. The van der Waals surface area contributed by atoms with Crippen molar-refractivity contribution >= 4 is 5.71 Å². The average Bonchev–Trinajstić information content (AvgIpc) is 2.55. The van der Waals surface area contributed by atoms with E-state index >= 15 is 0 Å². The van der Waals surface area contributed by atoms with Gasteiger partial charge in [0.15, 0.2) is 0 Å². The number of aromatic amines is 1. The van der Waals surface area contributed by atoms with Gasteiger partial charge in [-0.05, 0) is 31.9 Å². The van der Waals surface area contributed by atoms with Gasteiger partial charge in [0, 0.05) is 13.2 Å². The van der Waals surface area contributed by atoms with Crippen molar-refractivity contribution < 1.29 is 10.2 Å². The minimum Gasteiger partial charge on any atom is -0.493 e. The van der Waals surface area contributed by atoms with Crippen molar-refractivity contribution in [1.29, 1.82) is 0 Å². The fraction of sp³-hybridized carbons (Fsp3) is 0.353. The summed E-state index contributed by atoms with van der Waals surface area (Å²) in [5.74, 6) is -0.433. The van der Waals surface area contributed by atoms with Crippen LogP contribution in [0.3, 0.4) is 0 Å². The smallest absolute Gasteiger partial charge is 0.335 e. The summed E-state index contributed by atoms with van der Waals surface area (Å²) in [5.41, 5.74) is 0.446. The second-order valence-electron chi connectivity index (χ2n) is 5.39. The third-order valence-electron chi connectivity index (χ3n) is 3.62. The van der Waals surface area contributed by atoms with Gasteiger partial charge >= 0.3 is 5.69 Å². The zero-order chi connectivity index (χ0) is 17.7. The molecule has 0 aliphatic rings. The van der Waals surface area contributed by atoms with Crippen LogP contribution in [-0.4, -0.2) is 38.6 Å². The van der Waals surface area contributed by atoms with Gasteiger partial charge in [0.25, 0.3) is 5.56 Å². The first-order valence-corrected chi connectivity index (χ1v) is 7.79. The number of nitrogens with zero attached hydrogens (tertiary/aromatic N) is 2. The lowest BCUT2D eigenvalue weighted by Crippen LogP contribution is -2.33. The van der Waals surface area contributed by atoms with E-state index in [2.05, 4.69) is 9.98 Å². The number of aromatic hydroxyl groups is 1. The second-order valence-corrected chi connectivity index (χ2v) is 5.39. The number of rotatable bonds is 6. The maximum absolute atomic E-state index is 12.2. The topological polar surface area (TPSA) is 108 Å². The van der Waals surface area contributed by atoms with E-state index in [0.717, 1.165) is 10.1 Å². The zero-order valence-corrected chi connectivity index (χ0v) is 13.7. The highest BCUT2D eigenvalue weighted by Gasteiger charge is 2.19. The van der Waals surface area contributed by atoms with Crippen molar-refractivity contribution in [3.05, 3.63) is 56.2 Å². The minimum absolute atomic E-state index is 0.00824. The normalized spacial score (nSPS) is 11.7. The van der Waals surface area contributed by atoms with E-state index in [9.17, 15) is 14.7 Å². The molecule has 0 spiro atoms. The maximum Gasteiger partial charge on any atom is 0.335 e. The number of H-pyrrole nitrogens is 1. The van der Waals surface area contributed by atoms with Crippen LogP contribution in [-0.2, 0) is 0 Å². The number of aliphatic hydroxyl groups excluding tert-OH is 1. The Morgan fingerprint density at radius 1 is 1.25 bits per heavy atom. The lowest BCUT2D eigenvalue weighted by Gasteiger charge is -2.12. The molecule has 2 aromatic rings. The number of aliphatic hydroxyl groups is 1. The number of aliphatic imine (C=N–C) groups is 1. The first-order valence-electron chi connectivity index (χ1n) is 7.79. The number of aromatic nitrogens is 2. The van der Waals surface area contributed by atoms with Crippen molar-refractivity contribution in [2.75, 3.05) is 13.2 Å². The molecule has 0 saturated heterocycles. The lowest BCUT2D eigenvalue weighted by atomic mass is 10.1. The Kier molecular flexibility index (Phi) is 5.70. The van der Waals surface area contributed by atoms with Gasteiger partial charge in [0.2, 0.25) is 5.88 Å². The molecular weight excluding hydrogens is 310 g/mol. The van der Waals surface area contributed by atoms with Gasteiger partial charge in [-0.25, -0.2) is 9.36 Å². The molecule has 7 heteroatoms. The summed E-state index contributed by atoms with van der Waals surface area (Å²) in [6.45, 7) is 4.04. The predicted molar refractivity (Wildman–Crippen MR) is 92.5 cm³/mol. The van der Waals surface area contributed by atoms with Crippen LogP contribution < -0.4 is 11.2 Å². The van der Waals surface area contributed by atoms with E-state index in [0.29, 0.717) is 30.8 Å². The highest BCUT2D eigenvalue weighted by atomic mass is 16.3. The van der Waals surface area contributed by atoms with Gasteiger partial charge in [-0.1, -0.05) is 24.6 Å². The van der Waals surface area contributed by atoms with Crippen LogP contribution in [0, 0.1) is 6.92 Å². The Morgan fingerprint density at radius 2 is 1.92 bits per heavy atom. The summed E-state index contributed by atoms with van der Waals surface area (Å²) in [7, 11) is 0. The molecule has 24 heavy (non-hydrogen) atoms. The van der Waals surface area contributed by atoms with Crippen LogP contribution in [0.4, 0.5) is 0 Å². The van der Waals surface area contributed by atoms with Gasteiger partial charge in [0.05, 0.1) is 11.4 Å². The summed E-state index contributed by atoms with van der Waals surface area (Å²) in [4.78, 5) is 30.8. The first-order chi connectivity index (χ1) is 11.5. The van der Waals surface area contributed by atoms with Crippen LogP contribution in [0.5, 0.6) is 5.88 Å². The van der Waals surface area contributed by atoms with Crippen LogP contribution in [0.1, 0.15) is 30.9 Å². The molecule has 0 radical (unpaired) electrons. The molecule has 0 atom stereocenters. The zero-order valence-electron chi connectivity index (χ0n) is 13.7. The molecule has 0 unspecified atom stereocenters. The standard InChI is InChI=1S/C17H21N3O4/c1-3-13(18-9-4-10-21)14-15(22)19-17(24)20(16(14)23)12-7-5-11(2)6-8-12/h5-8,21,23H,3-4,9-10H2,1-2H3,(H,19,22,24). The van der Waals surface area contributed by atoms with Crippen LogP contribution in [0.25, 0.3) is 5.69 Å². The van der Waals surface area contributed by atoms with Crippen molar-refractivity contribution in [2.45, 2.75) is 26.7 Å². The number of benzene rings is 1. The third-order valence-corrected chi connectivity index (χ3v) is 3.62. The maximum atomic E-state index is 12.2. The molecule has 2 rings (SSSR count). The quantitative estimate of drug-likeness (QED) is 0.544. The largest absolute Gasteiger partial charge is 0.493 e. The number of nitrogens with one attached hydrogen (secondary N) is 1. The summed E-state index contributed by atoms with van der Waals surface area (Å²) >= 11 is 0. The Bertz CT molecular complexity index is 848. The highest BCUT2D eigenvalue weighted by Crippen LogP contribution is 2.18. The number of hydrogen-bond donors (Lipinski definition) is 3. The summed E-state index contributed by atoms with van der Waals surface area (Å²) in [5, 5.41) is 19.4. The molecule has 0 aliphatic carbocycles. The van der Waals surface area contributed by atoms with Gasteiger partial charge in [0.1, 0.15) is 5.56 Å². The van der Waals surface area contributed by atoms with Crippen LogP contribution in [0.2, 0.25) is 0 Å². The Morgan fingerprint density at radius 3 is 2.50 bits per heavy atom. The van der Waals surface area contributed by atoms with E-state index < -0.39 is 17.1 Å². The average molecular weight is 331 g/mol. The summed E-state index contributed by atoms with van der Waals surface area (Å²) in [6, 6.07) is 6.99. The molecule has 1 aromatic heterocycles. The molecule has 0 fully saturated rings. The lowest BCUT2D eigenvalue weighted by molar-refractivity contribution is 0.291. The van der Waals surface area contributed by atoms with Gasteiger partial charge in [-0.3, -0.25) is 14.8 Å². The van der Waals surface area contributed by atoms with Gasteiger partial charge in [-0.15, -0.1) is 0 Å². The van der Waals surface area contributed by atoms with E-state index in [1.54, 1.807) is 19.1 Å². The van der Waals surface area contributed by atoms with E-state index in [-0.39, 0.29) is 12.2 Å². The fourth-order valence-corrected chi connectivity index (χ4v) is 2.37. The Balaban J connectivity index is 2.64. The van der Waals surface area contributed by atoms with Crippen molar-refractivity contribution in [2.24, 2.45) is 4.99 Å². The third kappa shape index (κ3) is 3.62. The Hall–Kier alpha value is -2.67. The van der Waals surface area contributed by atoms with Crippen LogP contribution >= 0.6 is 0 Å². The summed E-state index contributed by atoms with van der Waals surface area (Å²) in [6.07, 6.45) is 0.869. The van der Waals surface area contributed by atoms with Crippen molar-refractivity contribution in [3.8, 4) is 11.6 Å². The molecule has 1 heterocycles. The van der Waals surface area contributed by atoms with Gasteiger partial charge < -0.3 is 10.2 Å². The molecule has 0 amide bonds. The van der Waals surface area contributed by atoms with Crippen LogP contribution in [0.15, 0.2) is 38.8 Å². The van der Waals surface area contributed by atoms with E-state index in [1.807, 2.05) is 19.1 Å². The van der Waals surface area contributed by atoms with Crippen molar-refractivity contribution in [3.63, 3.8) is 0 Å². The number of aryl methyl sites for hydroxylation is 1. The van der Waals surface area contributed by atoms with E-state index in [4.69, 9.17) is 5.11 Å². The second kappa shape index (κ2) is 7.74. The highest BCUT2D eigenvalue weighted by molar-refractivity contribution is 6.02. The summed E-state index contributed by atoms with van der Waals surface area (Å²) < 4.78 is 1.05. The molecular formula is C17H21N3O4. The molecule has 7 nitrogen and oxygen atoms in total. The molecule has 0 aliphatic heterocycles. The van der Waals surface area contributed by atoms with E-state index in [1.165, 1.54) is 0 Å². The molecule has 0 saturated carbocycles. The molecule has 0 bridgehead atoms. The van der Waals surface area contributed by atoms with Crippen molar-refractivity contribution in [1.82, 2.24) is 9.55 Å². The van der Waals surface area contributed by atoms with Gasteiger partial charge in [-0.2, -0.15) is 0 Å². The molecule has 128 valence electrons. The fourth-order valence-electron chi connectivity index (χ4n) is 2.37. The molecule has 3 N–H and O–H groups in total. The minimum atomic E-state index is -0.712. The number of hydrogen-bond acceptors (Lipinski definition) is 5. The predicted octanol–water partition coefficient (Wildman–Crippen LogP) is 1.12. The Labute approximate surface area is 138 Å². The first kappa shape index (κ1) is 17.7.